The Bertz CT molecular complexity index is 263. The zero-order valence-corrected chi connectivity index (χ0v) is 12.9. The highest BCUT2D eigenvalue weighted by Crippen LogP contribution is 2.12. The minimum absolute atomic E-state index is 1.23. The first-order valence-electron chi connectivity index (χ1n) is 8.55. The first-order chi connectivity index (χ1) is 9.43. The molecule has 19 heavy (non-hydrogen) atoms. The first-order valence-corrected chi connectivity index (χ1v) is 8.55. The number of aromatic nitrogens is 1. The fourth-order valence-electron chi connectivity index (χ4n) is 2.68. The Hall–Kier alpha value is -0.720. The minimum atomic E-state index is 1.23. The Kier molecular flexibility index (Phi) is 10.6. The van der Waals surface area contributed by atoms with Gasteiger partial charge in [0.1, 0.15) is 0 Å². The van der Waals surface area contributed by atoms with Gasteiger partial charge in [0, 0.05) is 11.9 Å². The van der Waals surface area contributed by atoms with E-state index in [2.05, 4.69) is 24.0 Å². The zero-order valence-electron chi connectivity index (χ0n) is 12.9. The van der Waals surface area contributed by atoms with Crippen molar-refractivity contribution in [2.45, 2.75) is 90.4 Å². The second kappa shape index (κ2) is 12.3. The molecule has 1 rings (SSSR count). The van der Waals surface area contributed by atoms with Crippen LogP contribution in [0.15, 0.2) is 18.3 Å². The van der Waals surface area contributed by atoms with E-state index in [0.717, 1.165) is 0 Å². The van der Waals surface area contributed by atoms with Gasteiger partial charge in [0.15, 0.2) is 0 Å². The van der Waals surface area contributed by atoms with Gasteiger partial charge < -0.3 is 4.98 Å². The summed E-state index contributed by atoms with van der Waals surface area (Å²) in [6.07, 6.45) is 20.4. The highest BCUT2D eigenvalue weighted by molar-refractivity contribution is 5.03. The number of hydrogen-bond acceptors (Lipinski definition) is 0. The lowest BCUT2D eigenvalue weighted by Crippen LogP contribution is -1.86. The SMILES string of the molecule is CCCCCCCCCCCCCCc1ccc[nH]1. The highest BCUT2D eigenvalue weighted by atomic mass is 14.7. The smallest absolute Gasteiger partial charge is 0.0147 e. The van der Waals surface area contributed by atoms with Gasteiger partial charge in [0.05, 0.1) is 0 Å². The summed E-state index contributed by atoms with van der Waals surface area (Å²) in [4.78, 5) is 3.28. The maximum Gasteiger partial charge on any atom is 0.0147 e. The number of hydrogen-bond donors (Lipinski definition) is 1. The van der Waals surface area contributed by atoms with Gasteiger partial charge >= 0.3 is 0 Å². The standard InChI is InChI=1S/C18H33N/c1-2-3-4-5-6-7-8-9-10-11-12-13-15-18-16-14-17-19-18/h14,16-17,19H,2-13,15H2,1H3. The third-order valence-electron chi connectivity index (χ3n) is 3.96. The summed E-state index contributed by atoms with van der Waals surface area (Å²) in [5.74, 6) is 0. The average Bonchev–Trinajstić information content (AvgIpc) is 2.93. The van der Waals surface area contributed by atoms with E-state index >= 15 is 0 Å². The predicted octanol–water partition coefficient (Wildman–Crippen LogP) is 6.26. The molecule has 0 atom stereocenters. The fraction of sp³-hybridized carbons (Fsp3) is 0.778. The van der Waals surface area contributed by atoms with E-state index in [4.69, 9.17) is 0 Å². The molecule has 0 saturated heterocycles. The van der Waals surface area contributed by atoms with Crippen LogP contribution in [0.1, 0.15) is 89.7 Å². The molecule has 1 heterocycles. The lowest BCUT2D eigenvalue weighted by Gasteiger charge is -2.02. The normalized spacial score (nSPS) is 11.0. The predicted molar refractivity (Wildman–Crippen MR) is 85.6 cm³/mol. The Morgan fingerprint density at radius 2 is 1.26 bits per heavy atom. The Morgan fingerprint density at radius 3 is 1.74 bits per heavy atom. The molecule has 1 aromatic heterocycles. The van der Waals surface area contributed by atoms with E-state index in [9.17, 15) is 0 Å². The van der Waals surface area contributed by atoms with E-state index in [1.165, 1.54) is 89.2 Å². The molecule has 0 aliphatic rings. The van der Waals surface area contributed by atoms with Crippen molar-refractivity contribution in [2.24, 2.45) is 0 Å². The van der Waals surface area contributed by atoms with Crippen molar-refractivity contribution in [1.29, 1.82) is 0 Å². The molecule has 110 valence electrons. The van der Waals surface area contributed by atoms with Crippen molar-refractivity contribution >= 4 is 0 Å². The molecular weight excluding hydrogens is 230 g/mol. The summed E-state index contributed by atoms with van der Waals surface area (Å²) in [6, 6.07) is 4.29. The Morgan fingerprint density at radius 1 is 0.737 bits per heavy atom. The van der Waals surface area contributed by atoms with Crippen LogP contribution < -0.4 is 0 Å². The molecule has 0 aliphatic heterocycles. The van der Waals surface area contributed by atoms with E-state index < -0.39 is 0 Å². The van der Waals surface area contributed by atoms with Gasteiger partial charge in [0.2, 0.25) is 0 Å². The molecule has 1 aromatic rings. The average molecular weight is 263 g/mol. The van der Waals surface area contributed by atoms with Gasteiger partial charge in [-0.05, 0) is 25.0 Å². The molecule has 1 heteroatoms. The van der Waals surface area contributed by atoms with Crippen LogP contribution in [0.5, 0.6) is 0 Å². The first kappa shape index (κ1) is 16.3. The second-order valence-corrected chi connectivity index (χ2v) is 5.83. The number of aromatic amines is 1. The quantitative estimate of drug-likeness (QED) is 0.404. The lowest BCUT2D eigenvalue weighted by molar-refractivity contribution is 0.543. The molecule has 0 fully saturated rings. The van der Waals surface area contributed by atoms with Crippen LogP contribution in [0, 0.1) is 0 Å². The summed E-state index contributed by atoms with van der Waals surface area (Å²) in [5.41, 5.74) is 1.40. The largest absolute Gasteiger partial charge is 0.365 e. The number of nitrogens with one attached hydrogen (secondary N) is 1. The van der Waals surface area contributed by atoms with Gasteiger partial charge in [-0.1, -0.05) is 77.6 Å². The van der Waals surface area contributed by atoms with Crippen molar-refractivity contribution in [2.75, 3.05) is 0 Å². The molecule has 0 amide bonds. The van der Waals surface area contributed by atoms with Crippen LogP contribution >= 0.6 is 0 Å². The van der Waals surface area contributed by atoms with Crippen LogP contribution in [0.25, 0.3) is 0 Å². The van der Waals surface area contributed by atoms with Crippen molar-refractivity contribution in [1.82, 2.24) is 4.98 Å². The zero-order chi connectivity index (χ0) is 13.6. The summed E-state index contributed by atoms with van der Waals surface area (Å²) in [6.45, 7) is 2.29. The van der Waals surface area contributed by atoms with Crippen molar-refractivity contribution in [3.63, 3.8) is 0 Å². The van der Waals surface area contributed by atoms with Crippen LogP contribution in [0.2, 0.25) is 0 Å². The van der Waals surface area contributed by atoms with Gasteiger partial charge in [-0.15, -0.1) is 0 Å². The summed E-state index contributed by atoms with van der Waals surface area (Å²) in [7, 11) is 0. The topological polar surface area (TPSA) is 15.8 Å². The van der Waals surface area contributed by atoms with E-state index in [1.807, 2.05) is 6.20 Å². The summed E-state index contributed by atoms with van der Waals surface area (Å²) >= 11 is 0. The Labute approximate surface area is 120 Å². The monoisotopic (exact) mass is 263 g/mol. The number of H-pyrrole nitrogens is 1. The number of rotatable bonds is 13. The van der Waals surface area contributed by atoms with Gasteiger partial charge in [-0.2, -0.15) is 0 Å². The van der Waals surface area contributed by atoms with E-state index in [1.54, 1.807) is 0 Å². The van der Waals surface area contributed by atoms with Gasteiger partial charge in [0.25, 0.3) is 0 Å². The molecule has 0 aromatic carbocycles. The molecule has 0 aliphatic carbocycles. The molecule has 0 bridgehead atoms. The molecular formula is C18H33N. The third kappa shape index (κ3) is 9.81. The molecule has 0 radical (unpaired) electrons. The lowest BCUT2D eigenvalue weighted by atomic mass is 10.0. The van der Waals surface area contributed by atoms with Gasteiger partial charge in [-0.25, -0.2) is 0 Å². The van der Waals surface area contributed by atoms with E-state index in [0.29, 0.717) is 0 Å². The van der Waals surface area contributed by atoms with Crippen molar-refractivity contribution < 1.29 is 0 Å². The molecule has 0 saturated carbocycles. The summed E-state index contributed by atoms with van der Waals surface area (Å²) < 4.78 is 0. The maximum absolute atomic E-state index is 3.28. The van der Waals surface area contributed by atoms with E-state index in [-0.39, 0.29) is 0 Å². The van der Waals surface area contributed by atoms with Crippen LogP contribution in [0.3, 0.4) is 0 Å². The molecule has 0 spiro atoms. The fourth-order valence-corrected chi connectivity index (χ4v) is 2.68. The van der Waals surface area contributed by atoms with Crippen LogP contribution in [-0.4, -0.2) is 4.98 Å². The van der Waals surface area contributed by atoms with Crippen LogP contribution in [-0.2, 0) is 6.42 Å². The molecule has 0 unspecified atom stereocenters. The second-order valence-electron chi connectivity index (χ2n) is 5.83. The number of aryl methyl sites for hydroxylation is 1. The summed E-state index contributed by atoms with van der Waals surface area (Å²) in [5, 5.41) is 0. The third-order valence-corrected chi connectivity index (χ3v) is 3.96. The van der Waals surface area contributed by atoms with Crippen LogP contribution in [0.4, 0.5) is 0 Å². The highest BCUT2D eigenvalue weighted by Gasteiger charge is 1.95. The molecule has 1 nitrogen and oxygen atoms in total. The number of unbranched alkanes of at least 4 members (excludes halogenated alkanes) is 11. The van der Waals surface area contributed by atoms with Gasteiger partial charge in [-0.3, -0.25) is 0 Å². The van der Waals surface area contributed by atoms with Crippen molar-refractivity contribution in [3.05, 3.63) is 24.0 Å². The molecule has 1 N–H and O–H groups in total. The van der Waals surface area contributed by atoms with Crippen molar-refractivity contribution in [3.8, 4) is 0 Å². The minimum Gasteiger partial charge on any atom is -0.365 e. The maximum atomic E-state index is 3.28. The Balaban J connectivity index is 1.72.